The van der Waals surface area contributed by atoms with E-state index in [-0.39, 0.29) is 24.8 Å². The van der Waals surface area contributed by atoms with Gasteiger partial charge in [0.05, 0.1) is 18.2 Å². The molecule has 0 spiro atoms. The van der Waals surface area contributed by atoms with Gasteiger partial charge < -0.3 is 19.6 Å². The van der Waals surface area contributed by atoms with Crippen LogP contribution in [-0.2, 0) is 11.8 Å². The molecule has 1 aromatic carbocycles. The van der Waals surface area contributed by atoms with Gasteiger partial charge in [0.2, 0.25) is 5.91 Å². The molecular weight excluding hydrogens is 320 g/mol. The van der Waals surface area contributed by atoms with E-state index in [0.717, 1.165) is 5.56 Å². The van der Waals surface area contributed by atoms with Crippen molar-refractivity contribution < 1.29 is 14.0 Å². The molecule has 0 aliphatic carbocycles. The second-order valence-electron chi connectivity index (χ2n) is 5.48. The number of aryl methyl sites for hydroxylation is 1. The molecule has 128 valence electrons. The molecule has 2 amide bonds. The molecule has 3 rings (SSSR count). The van der Waals surface area contributed by atoms with Crippen LogP contribution in [0, 0.1) is 0 Å². The Hall–Kier alpha value is -3.35. The summed E-state index contributed by atoms with van der Waals surface area (Å²) in [5.74, 6) is 0.151. The number of carbonyl (C=O) groups is 2. The molecule has 3 aromatic rings. The van der Waals surface area contributed by atoms with Gasteiger partial charge in [-0.25, -0.2) is 4.98 Å². The molecule has 0 saturated heterocycles. The van der Waals surface area contributed by atoms with Gasteiger partial charge in [0.1, 0.15) is 17.8 Å². The first kappa shape index (κ1) is 16.5. The van der Waals surface area contributed by atoms with Crippen LogP contribution in [0.5, 0.6) is 0 Å². The van der Waals surface area contributed by atoms with Gasteiger partial charge in [-0.3, -0.25) is 9.59 Å². The summed E-state index contributed by atoms with van der Waals surface area (Å²) in [6.45, 7) is 0.231. The SMILES string of the molecule is Cn1cnc(-c2ccccc2)c1NC(=O)CCNC(=O)c1ccoc1. The van der Waals surface area contributed by atoms with E-state index in [9.17, 15) is 9.59 Å². The standard InChI is InChI=1S/C18H18N4O3/c1-22-12-20-16(13-5-3-2-4-6-13)17(22)21-15(23)7-9-19-18(24)14-8-10-25-11-14/h2-6,8,10-12H,7,9H2,1H3,(H,19,24)(H,21,23). The molecule has 0 unspecified atom stereocenters. The van der Waals surface area contributed by atoms with Crippen molar-refractivity contribution in [3.63, 3.8) is 0 Å². The fraction of sp³-hybridized carbons (Fsp3) is 0.167. The fourth-order valence-corrected chi connectivity index (χ4v) is 2.36. The summed E-state index contributed by atoms with van der Waals surface area (Å²) in [5.41, 5.74) is 2.06. The topological polar surface area (TPSA) is 89.2 Å². The van der Waals surface area contributed by atoms with E-state index in [0.29, 0.717) is 17.1 Å². The predicted molar refractivity (Wildman–Crippen MR) is 92.9 cm³/mol. The maximum absolute atomic E-state index is 12.2. The smallest absolute Gasteiger partial charge is 0.254 e. The predicted octanol–water partition coefficient (Wildman–Crippen LogP) is 2.44. The van der Waals surface area contributed by atoms with E-state index < -0.39 is 0 Å². The van der Waals surface area contributed by atoms with E-state index in [2.05, 4.69) is 15.6 Å². The van der Waals surface area contributed by atoms with Crippen molar-refractivity contribution in [1.29, 1.82) is 0 Å². The lowest BCUT2D eigenvalue weighted by molar-refractivity contribution is -0.116. The lowest BCUT2D eigenvalue weighted by Crippen LogP contribution is -2.27. The van der Waals surface area contributed by atoms with Crippen molar-refractivity contribution in [1.82, 2.24) is 14.9 Å². The van der Waals surface area contributed by atoms with Crippen LogP contribution in [0.4, 0.5) is 5.82 Å². The summed E-state index contributed by atoms with van der Waals surface area (Å²) < 4.78 is 6.61. The van der Waals surface area contributed by atoms with Gasteiger partial charge in [0.15, 0.2) is 0 Å². The molecule has 7 heteroatoms. The Morgan fingerprint density at radius 3 is 2.72 bits per heavy atom. The zero-order chi connectivity index (χ0) is 17.6. The number of nitrogens with zero attached hydrogens (tertiary/aromatic N) is 2. The molecule has 7 nitrogen and oxygen atoms in total. The van der Waals surface area contributed by atoms with E-state index in [1.807, 2.05) is 37.4 Å². The third-order valence-corrected chi connectivity index (χ3v) is 3.66. The van der Waals surface area contributed by atoms with Crippen LogP contribution in [0.15, 0.2) is 59.7 Å². The van der Waals surface area contributed by atoms with Crippen molar-refractivity contribution in [2.75, 3.05) is 11.9 Å². The summed E-state index contributed by atoms with van der Waals surface area (Å²) in [5, 5.41) is 5.53. The number of furan rings is 1. The van der Waals surface area contributed by atoms with E-state index in [1.165, 1.54) is 12.5 Å². The minimum Gasteiger partial charge on any atom is -0.472 e. The van der Waals surface area contributed by atoms with E-state index in [1.54, 1.807) is 17.0 Å². The highest BCUT2D eigenvalue weighted by Gasteiger charge is 2.14. The number of hydrogen-bond acceptors (Lipinski definition) is 4. The third-order valence-electron chi connectivity index (χ3n) is 3.66. The number of rotatable bonds is 6. The number of anilines is 1. The molecule has 2 aromatic heterocycles. The number of imidazole rings is 1. The third kappa shape index (κ3) is 3.95. The highest BCUT2D eigenvalue weighted by atomic mass is 16.3. The van der Waals surface area contributed by atoms with Gasteiger partial charge in [-0.15, -0.1) is 0 Å². The average molecular weight is 338 g/mol. The molecule has 2 N–H and O–H groups in total. The zero-order valence-electron chi connectivity index (χ0n) is 13.7. The molecule has 0 fully saturated rings. The highest BCUT2D eigenvalue weighted by molar-refractivity contribution is 5.95. The minimum absolute atomic E-state index is 0.156. The Labute approximate surface area is 144 Å². The quantitative estimate of drug-likeness (QED) is 0.722. The highest BCUT2D eigenvalue weighted by Crippen LogP contribution is 2.25. The molecule has 2 heterocycles. The van der Waals surface area contributed by atoms with Crippen LogP contribution >= 0.6 is 0 Å². The van der Waals surface area contributed by atoms with Gasteiger partial charge in [0, 0.05) is 25.6 Å². The Morgan fingerprint density at radius 1 is 1.20 bits per heavy atom. The summed E-state index contributed by atoms with van der Waals surface area (Å²) in [4.78, 5) is 28.3. The van der Waals surface area contributed by atoms with Crippen LogP contribution in [0.3, 0.4) is 0 Å². The van der Waals surface area contributed by atoms with E-state index in [4.69, 9.17) is 4.42 Å². The molecular formula is C18H18N4O3. The number of carbonyl (C=O) groups excluding carboxylic acids is 2. The van der Waals surface area contributed by atoms with Crippen LogP contribution < -0.4 is 10.6 Å². The van der Waals surface area contributed by atoms with Gasteiger partial charge in [0.25, 0.3) is 5.91 Å². The number of nitrogens with one attached hydrogen (secondary N) is 2. The van der Waals surface area contributed by atoms with Crippen molar-refractivity contribution in [2.24, 2.45) is 7.05 Å². The number of amides is 2. The molecule has 0 bridgehead atoms. The van der Waals surface area contributed by atoms with E-state index >= 15 is 0 Å². The number of aromatic nitrogens is 2. The van der Waals surface area contributed by atoms with Crippen molar-refractivity contribution in [3.8, 4) is 11.3 Å². The van der Waals surface area contributed by atoms with Gasteiger partial charge in [-0.2, -0.15) is 0 Å². The van der Waals surface area contributed by atoms with Gasteiger partial charge in [-0.1, -0.05) is 30.3 Å². The molecule has 0 aliphatic rings. The van der Waals surface area contributed by atoms with Crippen LogP contribution in [0.2, 0.25) is 0 Å². The molecule has 0 saturated carbocycles. The molecule has 0 radical (unpaired) electrons. The zero-order valence-corrected chi connectivity index (χ0v) is 13.7. The van der Waals surface area contributed by atoms with Crippen molar-refractivity contribution in [3.05, 3.63) is 60.8 Å². The van der Waals surface area contributed by atoms with Crippen LogP contribution in [0.25, 0.3) is 11.3 Å². The summed E-state index contributed by atoms with van der Waals surface area (Å²) >= 11 is 0. The molecule has 0 aliphatic heterocycles. The normalized spacial score (nSPS) is 10.4. The summed E-state index contributed by atoms with van der Waals surface area (Å²) in [6.07, 6.45) is 4.59. The van der Waals surface area contributed by atoms with Crippen LogP contribution in [-0.4, -0.2) is 27.9 Å². The monoisotopic (exact) mass is 338 g/mol. The minimum atomic E-state index is -0.271. The van der Waals surface area contributed by atoms with Gasteiger partial charge in [-0.05, 0) is 6.07 Å². The van der Waals surface area contributed by atoms with Crippen LogP contribution in [0.1, 0.15) is 16.8 Å². The lowest BCUT2D eigenvalue weighted by atomic mass is 10.1. The fourth-order valence-electron chi connectivity index (χ4n) is 2.36. The largest absolute Gasteiger partial charge is 0.472 e. The Bertz CT molecular complexity index is 854. The Morgan fingerprint density at radius 2 is 2.00 bits per heavy atom. The first-order valence-electron chi connectivity index (χ1n) is 7.82. The van der Waals surface area contributed by atoms with Crippen molar-refractivity contribution >= 4 is 17.6 Å². The maximum Gasteiger partial charge on any atom is 0.254 e. The molecule has 0 atom stereocenters. The second kappa shape index (κ2) is 7.48. The van der Waals surface area contributed by atoms with Crippen molar-refractivity contribution in [2.45, 2.75) is 6.42 Å². The Kier molecular flexibility index (Phi) is 4.94. The lowest BCUT2D eigenvalue weighted by Gasteiger charge is -2.09. The summed E-state index contributed by atoms with van der Waals surface area (Å²) in [6, 6.07) is 11.2. The first-order valence-corrected chi connectivity index (χ1v) is 7.82. The average Bonchev–Trinajstić information content (AvgIpc) is 3.27. The number of hydrogen-bond donors (Lipinski definition) is 2. The van der Waals surface area contributed by atoms with Gasteiger partial charge >= 0.3 is 0 Å². The Balaban J connectivity index is 1.58. The maximum atomic E-state index is 12.2. The first-order chi connectivity index (χ1) is 12.1. The summed E-state index contributed by atoms with van der Waals surface area (Å²) in [7, 11) is 1.82. The second-order valence-corrected chi connectivity index (χ2v) is 5.48. The number of benzene rings is 1. The molecule has 25 heavy (non-hydrogen) atoms.